The minimum atomic E-state index is -3.62. The van der Waals surface area contributed by atoms with Gasteiger partial charge >= 0.3 is 0 Å². The number of sulfonamides is 1. The zero-order valence-electron chi connectivity index (χ0n) is 19.8. The second-order valence-corrected chi connectivity index (χ2v) is 11.1. The predicted molar refractivity (Wildman–Crippen MR) is 131 cm³/mol. The Morgan fingerprint density at radius 2 is 1.56 bits per heavy atom. The van der Waals surface area contributed by atoms with Crippen LogP contribution in [0.2, 0.25) is 0 Å². The lowest BCUT2D eigenvalue weighted by molar-refractivity contribution is 0.0724. The third-order valence-electron chi connectivity index (χ3n) is 6.68. The van der Waals surface area contributed by atoms with Crippen molar-refractivity contribution in [3.05, 3.63) is 64.7 Å². The molecule has 0 aromatic heterocycles. The van der Waals surface area contributed by atoms with Crippen LogP contribution in [0.1, 0.15) is 70.4 Å². The van der Waals surface area contributed by atoms with Gasteiger partial charge in [-0.1, -0.05) is 24.6 Å². The van der Waals surface area contributed by atoms with Gasteiger partial charge < -0.3 is 10.2 Å². The van der Waals surface area contributed by atoms with E-state index in [0.29, 0.717) is 29.8 Å². The van der Waals surface area contributed by atoms with Crippen LogP contribution in [-0.2, 0) is 16.6 Å². The van der Waals surface area contributed by atoms with E-state index in [2.05, 4.69) is 5.32 Å². The van der Waals surface area contributed by atoms with Crippen molar-refractivity contribution in [2.24, 2.45) is 0 Å². The van der Waals surface area contributed by atoms with Crippen LogP contribution in [0.15, 0.2) is 47.4 Å². The summed E-state index contributed by atoms with van der Waals surface area (Å²) in [7, 11) is -3.62. The monoisotopic (exact) mass is 483 g/mol. The van der Waals surface area contributed by atoms with Crippen LogP contribution in [0.4, 0.5) is 0 Å². The summed E-state index contributed by atoms with van der Waals surface area (Å²) in [6.07, 6.45) is 5.99. The number of nitrogens with zero attached hydrogens (tertiary/aromatic N) is 2. The minimum Gasteiger partial charge on any atom is -0.348 e. The van der Waals surface area contributed by atoms with Crippen LogP contribution in [0.5, 0.6) is 0 Å². The van der Waals surface area contributed by atoms with Gasteiger partial charge in [0.15, 0.2) is 0 Å². The van der Waals surface area contributed by atoms with Gasteiger partial charge in [0.1, 0.15) is 0 Å². The topological polar surface area (TPSA) is 86.8 Å². The lowest BCUT2D eigenvalue weighted by Gasteiger charge is -2.26. The number of benzene rings is 2. The normalized spacial score (nSPS) is 17.4. The first-order valence-electron chi connectivity index (χ1n) is 12.1. The van der Waals surface area contributed by atoms with Crippen molar-refractivity contribution in [1.29, 1.82) is 0 Å². The van der Waals surface area contributed by atoms with Gasteiger partial charge in [-0.3, -0.25) is 9.59 Å². The smallest absolute Gasteiger partial charge is 0.253 e. The van der Waals surface area contributed by atoms with Crippen molar-refractivity contribution >= 4 is 21.8 Å². The number of amides is 2. The summed E-state index contributed by atoms with van der Waals surface area (Å²) in [4.78, 5) is 27.8. The van der Waals surface area contributed by atoms with E-state index >= 15 is 0 Å². The zero-order valence-corrected chi connectivity index (χ0v) is 20.6. The third-order valence-corrected chi connectivity index (χ3v) is 8.57. The van der Waals surface area contributed by atoms with E-state index in [1.807, 2.05) is 23.1 Å². The van der Waals surface area contributed by atoms with Crippen molar-refractivity contribution < 1.29 is 18.0 Å². The number of rotatable bonds is 6. The summed E-state index contributed by atoms with van der Waals surface area (Å²) >= 11 is 0. The van der Waals surface area contributed by atoms with Gasteiger partial charge in [0, 0.05) is 43.9 Å². The standard InChI is InChI=1S/C26H33N3O4S/c1-20-11-12-23(34(32,33)29-15-6-3-7-16-29)18-24(20)25(30)27-19-21-9-8-10-22(17-21)26(31)28-13-4-2-5-14-28/h8-12,17-18H,2-7,13-16,19H2,1H3,(H,27,30). The van der Waals surface area contributed by atoms with Gasteiger partial charge in [0.2, 0.25) is 10.0 Å². The zero-order chi connectivity index (χ0) is 24.1. The molecule has 0 radical (unpaired) electrons. The fourth-order valence-corrected chi connectivity index (χ4v) is 6.18. The molecule has 34 heavy (non-hydrogen) atoms. The van der Waals surface area contributed by atoms with Gasteiger partial charge in [0.25, 0.3) is 11.8 Å². The van der Waals surface area contributed by atoms with E-state index in [1.54, 1.807) is 25.1 Å². The number of likely N-dealkylation sites (tertiary alicyclic amines) is 1. The Balaban J connectivity index is 1.45. The first kappa shape index (κ1) is 24.4. The number of hydrogen-bond acceptors (Lipinski definition) is 4. The van der Waals surface area contributed by atoms with Crippen LogP contribution in [0.25, 0.3) is 0 Å². The Kier molecular flexibility index (Phi) is 7.68. The molecule has 0 unspecified atom stereocenters. The van der Waals surface area contributed by atoms with Crippen LogP contribution in [0.3, 0.4) is 0 Å². The number of nitrogens with one attached hydrogen (secondary N) is 1. The molecule has 0 bridgehead atoms. The van der Waals surface area contributed by atoms with Gasteiger partial charge in [0.05, 0.1) is 4.90 Å². The second-order valence-electron chi connectivity index (χ2n) is 9.18. The number of carbonyl (C=O) groups excluding carboxylic acids is 2. The van der Waals surface area contributed by atoms with Crippen LogP contribution in [0, 0.1) is 6.92 Å². The first-order valence-corrected chi connectivity index (χ1v) is 13.6. The summed E-state index contributed by atoms with van der Waals surface area (Å²) in [6, 6.07) is 12.1. The molecule has 2 aliphatic rings. The average molecular weight is 484 g/mol. The molecule has 4 rings (SSSR count). The first-order chi connectivity index (χ1) is 16.4. The van der Waals surface area contributed by atoms with Crippen molar-refractivity contribution in [2.45, 2.75) is 56.9 Å². The molecule has 2 fully saturated rings. The molecule has 0 atom stereocenters. The number of piperidine rings is 2. The largest absolute Gasteiger partial charge is 0.348 e. The number of aryl methyl sites for hydroxylation is 1. The van der Waals surface area contributed by atoms with E-state index < -0.39 is 10.0 Å². The molecular formula is C26H33N3O4S. The maximum atomic E-state index is 13.0. The van der Waals surface area contributed by atoms with Crippen LogP contribution in [-0.4, -0.2) is 55.6 Å². The molecule has 1 N–H and O–H groups in total. The summed E-state index contributed by atoms with van der Waals surface area (Å²) in [6.45, 7) is 4.66. The molecule has 0 saturated carbocycles. The molecule has 2 heterocycles. The maximum absolute atomic E-state index is 13.0. The van der Waals surface area contributed by atoms with Crippen molar-refractivity contribution in [1.82, 2.24) is 14.5 Å². The molecular weight excluding hydrogens is 450 g/mol. The van der Waals surface area contributed by atoms with Crippen molar-refractivity contribution in [3.8, 4) is 0 Å². The molecule has 2 amide bonds. The minimum absolute atomic E-state index is 0.0272. The Bertz CT molecular complexity index is 1150. The second kappa shape index (κ2) is 10.7. The molecule has 2 aromatic carbocycles. The van der Waals surface area contributed by atoms with E-state index in [1.165, 1.54) is 10.4 Å². The highest BCUT2D eigenvalue weighted by Gasteiger charge is 2.27. The fourth-order valence-electron chi connectivity index (χ4n) is 4.63. The van der Waals surface area contributed by atoms with E-state index in [9.17, 15) is 18.0 Å². The Morgan fingerprint density at radius 1 is 0.882 bits per heavy atom. The third kappa shape index (κ3) is 5.50. The Hall–Kier alpha value is -2.71. The Labute approximate surface area is 202 Å². The van der Waals surface area contributed by atoms with E-state index in [4.69, 9.17) is 0 Å². The van der Waals surface area contributed by atoms with E-state index in [-0.39, 0.29) is 23.3 Å². The van der Waals surface area contributed by atoms with Gasteiger partial charge in [-0.2, -0.15) is 4.31 Å². The lowest BCUT2D eigenvalue weighted by Crippen LogP contribution is -2.36. The lowest BCUT2D eigenvalue weighted by atomic mass is 10.1. The fraction of sp³-hybridized carbons (Fsp3) is 0.462. The van der Waals surface area contributed by atoms with Crippen LogP contribution >= 0.6 is 0 Å². The summed E-state index contributed by atoms with van der Waals surface area (Å²) in [5, 5.41) is 2.89. The summed E-state index contributed by atoms with van der Waals surface area (Å²) in [5.41, 5.74) is 2.51. The highest BCUT2D eigenvalue weighted by Crippen LogP contribution is 2.23. The molecule has 182 valence electrons. The van der Waals surface area contributed by atoms with Gasteiger partial charge in [-0.15, -0.1) is 0 Å². The SMILES string of the molecule is Cc1ccc(S(=O)(=O)N2CCCCC2)cc1C(=O)NCc1cccc(C(=O)N2CCCCC2)c1. The molecule has 2 aliphatic heterocycles. The molecule has 2 aromatic rings. The van der Waals surface area contributed by atoms with Crippen molar-refractivity contribution in [3.63, 3.8) is 0 Å². The summed E-state index contributed by atoms with van der Waals surface area (Å²) < 4.78 is 27.6. The highest BCUT2D eigenvalue weighted by molar-refractivity contribution is 7.89. The predicted octanol–water partition coefficient (Wildman–Crippen LogP) is 3.73. The Morgan fingerprint density at radius 3 is 2.26 bits per heavy atom. The molecule has 2 saturated heterocycles. The molecule has 8 heteroatoms. The molecule has 0 aliphatic carbocycles. The molecule has 0 spiro atoms. The van der Waals surface area contributed by atoms with Crippen LogP contribution < -0.4 is 5.32 Å². The maximum Gasteiger partial charge on any atom is 0.253 e. The number of hydrogen-bond donors (Lipinski definition) is 1. The molecule has 7 nitrogen and oxygen atoms in total. The van der Waals surface area contributed by atoms with Gasteiger partial charge in [-0.25, -0.2) is 8.42 Å². The number of carbonyl (C=O) groups is 2. The quantitative estimate of drug-likeness (QED) is 0.678. The van der Waals surface area contributed by atoms with Crippen molar-refractivity contribution in [2.75, 3.05) is 26.2 Å². The average Bonchev–Trinajstić information content (AvgIpc) is 2.88. The highest BCUT2D eigenvalue weighted by atomic mass is 32.2. The summed E-state index contributed by atoms with van der Waals surface area (Å²) in [5.74, 6) is -0.305. The van der Waals surface area contributed by atoms with Gasteiger partial charge in [-0.05, 0) is 74.4 Å². The van der Waals surface area contributed by atoms with E-state index in [0.717, 1.165) is 57.2 Å².